The van der Waals surface area contributed by atoms with E-state index in [1.54, 1.807) is 34.9 Å². The van der Waals surface area contributed by atoms with E-state index in [2.05, 4.69) is 15.2 Å². The van der Waals surface area contributed by atoms with Gasteiger partial charge in [0.25, 0.3) is 5.69 Å². The Labute approximate surface area is 210 Å². The lowest BCUT2D eigenvalue weighted by molar-refractivity contribution is -0.384. The summed E-state index contributed by atoms with van der Waals surface area (Å²) in [7, 11) is 0. The lowest BCUT2D eigenvalue weighted by atomic mass is 9.99. The summed E-state index contributed by atoms with van der Waals surface area (Å²) in [6.45, 7) is -0.110. The maximum Gasteiger partial charge on any atom is 0.307 e. The van der Waals surface area contributed by atoms with Crippen LogP contribution < -0.4 is 0 Å². The molecule has 182 valence electrons. The molecule has 0 fully saturated rings. The number of carboxylic acids is 1. The van der Waals surface area contributed by atoms with Gasteiger partial charge < -0.3 is 10.2 Å². The zero-order valence-electron chi connectivity index (χ0n) is 18.8. The molecule has 5 rings (SSSR count). The van der Waals surface area contributed by atoms with Gasteiger partial charge in [-0.2, -0.15) is 0 Å². The first-order chi connectivity index (χ1) is 17.4. The van der Waals surface area contributed by atoms with Crippen LogP contribution >= 0.6 is 11.6 Å². The average Bonchev–Trinajstić information content (AvgIpc) is 3.21. The molecule has 11 heteroatoms. The van der Waals surface area contributed by atoms with Gasteiger partial charge in [0, 0.05) is 28.3 Å². The number of aromatic nitrogens is 3. The predicted molar refractivity (Wildman–Crippen MR) is 133 cm³/mol. The van der Waals surface area contributed by atoms with Gasteiger partial charge in [0.05, 0.1) is 22.7 Å². The van der Waals surface area contributed by atoms with Crippen molar-refractivity contribution in [1.82, 2.24) is 14.8 Å². The first-order valence-electron chi connectivity index (χ1n) is 10.8. The SMILES string of the molecule is O=C(O)Cc1ccccc1.O=[N+]([O-])c1ccc2c(c1)C(c1ccccc1Cl)=NCc1nnc(CO)n1-2. The van der Waals surface area contributed by atoms with Gasteiger partial charge >= 0.3 is 5.97 Å². The molecule has 2 heterocycles. The molecule has 0 saturated carbocycles. The van der Waals surface area contributed by atoms with E-state index in [9.17, 15) is 20.0 Å². The highest BCUT2D eigenvalue weighted by atomic mass is 35.5. The Bertz CT molecular complexity index is 1450. The fraction of sp³-hybridized carbons (Fsp3) is 0.120. The molecule has 0 radical (unpaired) electrons. The highest BCUT2D eigenvalue weighted by Gasteiger charge is 2.25. The van der Waals surface area contributed by atoms with Crippen molar-refractivity contribution in [3.8, 4) is 5.69 Å². The summed E-state index contributed by atoms with van der Waals surface area (Å²) in [6, 6.07) is 20.8. The summed E-state index contributed by atoms with van der Waals surface area (Å²) in [5.41, 5.74) is 3.11. The second kappa shape index (κ2) is 10.9. The summed E-state index contributed by atoms with van der Waals surface area (Å²) >= 11 is 6.33. The van der Waals surface area contributed by atoms with Gasteiger partial charge in [-0.1, -0.05) is 60.1 Å². The summed E-state index contributed by atoms with van der Waals surface area (Å²) in [5, 5.41) is 37.7. The van der Waals surface area contributed by atoms with Crippen LogP contribution in [0.25, 0.3) is 5.69 Å². The number of hydrogen-bond acceptors (Lipinski definition) is 7. The molecule has 0 atom stereocenters. The molecule has 36 heavy (non-hydrogen) atoms. The molecule has 0 aliphatic carbocycles. The molecule has 0 unspecified atom stereocenters. The number of fused-ring (bicyclic) bond motifs is 3. The van der Waals surface area contributed by atoms with Gasteiger partial charge in [0.2, 0.25) is 0 Å². The number of nitro groups is 1. The number of non-ortho nitro benzene ring substituents is 1. The minimum absolute atomic E-state index is 0.0643. The zero-order valence-corrected chi connectivity index (χ0v) is 19.5. The number of aliphatic hydroxyl groups excluding tert-OH is 1. The van der Waals surface area contributed by atoms with Crippen LogP contribution in [-0.2, 0) is 24.4 Å². The number of benzene rings is 3. The summed E-state index contributed by atoms with van der Waals surface area (Å²) < 4.78 is 1.67. The largest absolute Gasteiger partial charge is 0.481 e. The van der Waals surface area contributed by atoms with Crippen molar-refractivity contribution in [3.63, 3.8) is 0 Å². The second-order valence-corrected chi connectivity index (χ2v) is 8.09. The fourth-order valence-corrected chi connectivity index (χ4v) is 3.97. The summed E-state index contributed by atoms with van der Waals surface area (Å²) in [6.07, 6.45) is 0.112. The van der Waals surface area contributed by atoms with E-state index >= 15 is 0 Å². The van der Waals surface area contributed by atoms with Gasteiger partial charge in [0.15, 0.2) is 11.6 Å². The highest BCUT2D eigenvalue weighted by Crippen LogP contribution is 2.31. The fourth-order valence-electron chi connectivity index (χ4n) is 3.75. The summed E-state index contributed by atoms with van der Waals surface area (Å²) in [4.78, 5) is 25.6. The molecular weight excluding hydrogens is 486 g/mol. The van der Waals surface area contributed by atoms with E-state index in [0.29, 0.717) is 39.2 Å². The number of carbonyl (C=O) groups is 1. The molecule has 0 bridgehead atoms. The molecule has 1 aromatic heterocycles. The lowest BCUT2D eigenvalue weighted by Crippen LogP contribution is -2.10. The number of aliphatic imine (C=N–C) groups is 1. The maximum absolute atomic E-state index is 11.3. The zero-order chi connectivity index (χ0) is 25.7. The van der Waals surface area contributed by atoms with Gasteiger partial charge in [-0.05, 0) is 17.7 Å². The van der Waals surface area contributed by atoms with Gasteiger partial charge in [-0.25, -0.2) is 0 Å². The Morgan fingerprint density at radius 2 is 1.75 bits per heavy atom. The Hall–Kier alpha value is -4.41. The third kappa shape index (κ3) is 5.29. The number of nitrogens with zero attached hydrogens (tertiary/aromatic N) is 5. The van der Waals surface area contributed by atoms with Crippen molar-refractivity contribution >= 4 is 29.0 Å². The minimum Gasteiger partial charge on any atom is -0.481 e. The van der Waals surface area contributed by atoms with Crippen molar-refractivity contribution in [2.24, 2.45) is 4.99 Å². The molecule has 4 aromatic rings. The molecule has 0 saturated heterocycles. The topological polar surface area (TPSA) is 144 Å². The maximum atomic E-state index is 11.3. The third-order valence-electron chi connectivity index (χ3n) is 5.33. The van der Waals surface area contributed by atoms with E-state index in [-0.39, 0.29) is 25.3 Å². The molecule has 10 nitrogen and oxygen atoms in total. The minimum atomic E-state index is -0.786. The average molecular weight is 506 g/mol. The molecule has 0 spiro atoms. The smallest absolute Gasteiger partial charge is 0.307 e. The molecule has 1 aliphatic rings. The summed E-state index contributed by atoms with van der Waals surface area (Å²) in [5.74, 6) is 0.0862. The Kier molecular flexibility index (Phi) is 7.47. The molecule has 0 amide bonds. The van der Waals surface area contributed by atoms with Crippen molar-refractivity contribution in [3.05, 3.63) is 116 Å². The van der Waals surface area contributed by atoms with E-state index in [1.165, 1.54) is 12.1 Å². The molecule has 1 aliphatic heterocycles. The van der Waals surface area contributed by atoms with Crippen LogP contribution in [0, 0.1) is 10.1 Å². The second-order valence-electron chi connectivity index (χ2n) is 7.69. The number of nitro benzene ring substituents is 1. The first-order valence-corrected chi connectivity index (χ1v) is 11.1. The van der Waals surface area contributed by atoms with Crippen LogP contribution in [0.1, 0.15) is 28.3 Å². The van der Waals surface area contributed by atoms with E-state index in [0.717, 1.165) is 5.56 Å². The monoisotopic (exact) mass is 505 g/mol. The van der Waals surface area contributed by atoms with Crippen LogP contribution in [0.5, 0.6) is 0 Å². The van der Waals surface area contributed by atoms with Crippen molar-refractivity contribution in [1.29, 1.82) is 0 Å². The van der Waals surface area contributed by atoms with Gasteiger partial charge in [-0.15, -0.1) is 10.2 Å². The number of rotatable bonds is 5. The third-order valence-corrected chi connectivity index (χ3v) is 5.66. The van der Waals surface area contributed by atoms with Crippen LogP contribution in [0.3, 0.4) is 0 Å². The molecule has 3 aromatic carbocycles. The van der Waals surface area contributed by atoms with E-state index < -0.39 is 10.9 Å². The normalized spacial score (nSPS) is 11.8. The van der Waals surface area contributed by atoms with E-state index in [4.69, 9.17) is 16.7 Å². The van der Waals surface area contributed by atoms with Crippen LogP contribution in [0.2, 0.25) is 5.02 Å². The van der Waals surface area contributed by atoms with Gasteiger partial charge in [0.1, 0.15) is 13.2 Å². The van der Waals surface area contributed by atoms with Crippen LogP contribution in [0.4, 0.5) is 5.69 Å². The Morgan fingerprint density at radius 3 is 2.42 bits per heavy atom. The first kappa shape index (κ1) is 24.7. The number of halogens is 1. The number of aliphatic carboxylic acids is 1. The molecular formula is C25H20ClN5O5. The highest BCUT2D eigenvalue weighted by molar-refractivity contribution is 6.35. The number of carboxylic acid groups (broad SMARTS) is 1. The van der Waals surface area contributed by atoms with Crippen LogP contribution in [-0.4, -0.2) is 41.6 Å². The Morgan fingerprint density at radius 1 is 1.03 bits per heavy atom. The Balaban J connectivity index is 0.000000256. The van der Waals surface area contributed by atoms with Crippen molar-refractivity contribution in [2.45, 2.75) is 19.6 Å². The van der Waals surface area contributed by atoms with Gasteiger partial charge in [-0.3, -0.25) is 24.5 Å². The standard InChI is InChI=1S/C17H12ClN5O3.C8H8O2/c18-13-4-2-1-3-11(13)17-12-7-10(23(25)26)5-6-14(12)22-15(8-19-17)20-21-16(22)9-24;9-8(10)6-7-4-2-1-3-5-7/h1-7,24H,8-9H2;1-5H,6H2,(H,9,10). The number of hydrogen-bond donors (Lipinski definition) is 2. The van der Waals surface area contributed by atoms with Crippen molar-refractivity contribution < 1.29 is 19.9 Å². The number of aliphatic hydroxyl groups is 1. The lowest BCUT2D eigenvalue weighted by Gasteiger charge is -2.13. The van der Waals surface area contributed by atoms with E-state index in [1.807, 2.05) is 30.3 Å². The quantitative estimate of drug-likeness (QED) is 0.308. The predicted octanol–water partition coefficient (Wildman–Crippen LogP) is 3.99. The van der Waals surface area contributed by atoms with Crippen LogP contribution in [0.15, 0.2) is 77.8 Å². The van der Waals surface area contributed by atoms with Crippen molar-refractivity contribution in [2.75, 3.05) is 0 Å². The molecule has 2 N–H and O–H groups in total.